The van der Waals surface area contributed by atoms with E-state index >= 15 is 0 Å². The Hall–Kier alpha value is -3.48. The third kappa shape index (κ3) is 5.17. The average Bonchev–Trinajstić information content (AvgIpc) is 3.49. The Balaban J connectivity index is 1.31. The number of carbonyl (C=O) groups is 1. The number of anilines is 1. The minimum Gasteiger partial charge on any atom is -0.392 e. The fourth-order valence-electron chi connectivity index (χ4n) is 6.34. The summed E-state index contributed by atoms with van der Waals surface area (Å²) in [5.74, 6) is 0.463. The van der Waals surface area contributed by atoms with Crippen molar-refractivity contribution in [2.24, 2.45) is 5.92 Å². The monoisotopic (exact) mass is 503 g/mol. The van der Waals surface area contributed by atoms with Crippen molar-refractivity contribution in [1.82, 2.24) is 9.80 Å². The predicted octanol–water partition coefficient (Wildman–Crippen LogP) is 4.19. The van der Waals surface area contributed by atoms with E-state index in [4.69, 9.17) is 0 Å². The second-order valence-electron chi connectivity index (χ2n) is 10.8. The number of aliphatic hydroxyl groups is 1. The number of urea groups is 1. The molecular weight excluding hydrogens is 470 g/mol. The zero-order valence-corrected chi connectivity index (χ0v) is 21.1. The molecule has 2 N–H and O–H groups in total. The predicted molar refractivity (Wildman–Crippen MR) is 139 cm³/mol. The minimum atomic E-state index is -0.434. The second kappa shape index (κ2) is 10.1. The van der Waals surface area contributed by atoms with Crippen LogP contribution in [-0.4, -0.2) is 64.2 Å². The van der Waals surface area contributed by atoms with Gasteiger partial charge in [-0.2, -0.15) is 5.26 Å². The van der Waals surface area contributed by atoms with Crippen molar-refractivity contribution >= 4 is 17.4 Å². The largest absolute Gasteiger partial charge is 0.392 e. The number of benzene rings is 2. The highest BCUT2D eigenvalue weighted by molar-refractivity contribution is 5.90. The number of hydrogen-bond acceptors (Lipinski definition) is 6. The molecule has 0 spiro atoms. The number of aliphatic hydroxyl groups excluding tert-OH is 1. The van der Waals surface area contributed by atoms with Crippen LogP contribution in [0.4, 0.5) is 16.2 Å². The fraction of sp³-hybridized carbons (Fsp3) is 0.500. The lowest BCUT2D eigenvalue weighted by Crippen LogP contribution is -2.48. The molecule has 1 aliphatic heterocycles. The van der Waals surface area contributed by atoms with Gasteiger partial charge in [0, 0.05) is 49.5 Å². The number of hydrogen-bond donors (Lipinski definition) is 2. The number of rotatable bonds is 7. The summed E-state index contributed by atoms with van der Waals surface area (Å²) in [7, 11) is 0. The fourth-order valence-corrected chi connectivity index (χ4v) is 6.34. The zero-order chi connectivity index (χ0) is 26.2. The smallest absolute Gasteiger partial charge is 0.322 e. The van der Waals surface area contributed by atoms with Crippen LogP contribution in [0.25, 0.3) is 0 Å². The number of nitrogens with zero attached hydrogens (tertiary/aromatic N) is 4. The number of nitro groups is 1. The molecule has 1 heterocycles. The molecule has 2 amide bonds. The van der Waals surface area contributed by atoms with Gasteiger partial charge in [0.15, 0.2) is 0 Å². The molecule has 2 saturated carbocycles. The third-order valence-electron chi connectivity index (χ3n) is 8.54. The van der Waals surface area contributed by atoms with Crippen LogP contribution in [0.5, 0.6) is 0 Å². The number of nitro benzene ring substituents is 1. The van der Waals surface area contributed by atoms with Crippen molar-refractivity contribution in [3.63, 3.8) is 0 Å². The molecule has 5 rings (SSSR count). The van der Waals surface area contributed by atoms with Gasteiger partial charge in [0.25, 0.3) is 5.69 Å². The SMILES string of the molecule is Cc1ccc(NC(=O)N(CCN2CC[C@H](O)C2)C2CC[C@]3(c4cccc(C#N)c4)CC3C2)cc1[N+](=O)[O-]. The molecule has 0 radical (unpaired) electrons. The van der Waals surface area contributed by atoms with Crippen LogP contribution >= 0.6 is 0 Å². The van der Waals surface area contributed by atoms with Crippen molar-refractivity contribution in [3.05, 3.63) is 69.3 Å². The maximum absolute atomic E-state index is 13.5. The van der Waals surface area contributed by atoms with E-state index in [2.05, 4.69) is 22.4 Å². The van der Waals surface area contributed by atoms with Crippen LogP contribution in [0.15, 0.2) is 42.5 Å². The van der Waals surface area contributed by atoms with E-state index in [1.807, 2.05) is 23.1 Å². The van der Waals surface area contributed by atoms with Crippen LogP contribution in [0.1, 0.15) is 48.8 Å². The normalized spacial score (nSPS) is 26.7. The van der Waals surface area contributed by atoms with Gasteiger partial charge in [0.1, 0.15) is 0 Å². The zero-order valence-electron chi connectivity index (χ0n) is 21.1. The standard InChI is InChI=1S/C28H33N5O4/c1-19-5-6-23(15-26(19)33(36)37)30-27(35)32(12-11-31-10-8-25(34)18-31)24-7-9-28(16-22(28)14-24)21-4-2-3-20(13-21)17-29/h2-6,13,15,22,24-25,34H,7-12,14,16,18H2,1H3,(H,30,35)/t22?,24?,25-,28+/m0/s1. The minimum absolute atomic E-state index is 0.0181. The van der Waals surface area contributed by atoms with Crippen LogP contribution in [0, 0.1) is 34.3 Å². The average molecular weight is 504 g/mol. The molecule has 0 aromatic heterocycles. The molecule has 3 aliphatic rings. The number of nitrogens with one attached hydrogen (secondary N) is 1. The van der Waals surface area contributed by atoms with E-state index in [9.17, 15) is 25.3 Å². The lowest BCUT2D eigenvalue weighted by molar-refractivity contribution is -0.385. The van der Waals surface area contributed by atoms with Crippen LogP contribution in [0.2, 0.25) is 0 Å². The molecule has 4 atom stereocenters. The molecule has 37 heavy (non-hydrogen) atoms. The summed E-state index contributed by atoms with van der Waals surface area (Å²) in [5, 5.41) is 33.5. The summed E-state index contributed by atoms with van der Waals surface area (Å²) in [6.07, 6.45) is 4.20. The Morgan fingerprint density at radius 1 is 1.32 bits per heavy atom. The van der Waals surface area contributed by atoms with E-state index in [0.29, 0.717) is 42.4 Å². The van der Waals surface area contributed by atoms with E-state index in [0.717, 1.165) is 38.6 Å². The summed E-state index contributed by atoms with van der Waals surface area (Å²) in [4.78, 5) is 28.6. The quantitative estimate of drug-likeness (QED) is 0.432. The molecule has 9 nitrogen and oxygen atoms in total. The highest BCUT2D eigenvalue weighted by Crippen LogP contribution is 2.62. The maximum Gasteiger partial charge on any atom is 0.322 e. The molecule has 0 bridgehead atoms. The molecule has 2 unspecified atom stereocenters. The van der Waals surface area contributed by atoms with Gasteiger partial charge in [0.2, 0.25) is 0 Å². The van der Waals surface area contributed by atoms with Crippen molar-refractivity contribution in [2.45, 2.75) is 56.6 Å². The number of fused-ring (bicyclic) bond motifs is 1. The summed E-state index contributed by atoms with van der Waals surface area (Å²) < 4.78 is 0. The van der Waals surface area contributed by atoms with Crippen LogP contribution in [-0.2, 0) is 5.41 Å². The summed E-state index contributed by atoms with van der Waals surface area (Å²) in [5.41, 5.74) is 2.95. The van der Waals surface area contributed by atoms with Crippen LogP contribution in [0.3, 0.4) is 0 Å². The first-order valence-electron chi connectivity index (χ1n) is 13.0. The van der Waals surface area contributed by atoms with Crippen molar-refractivity contribution < 1.29 is 14.8 Å². The van der Waals surface area contributed by atoms with Gasteiger partial charge in [-0.15, -0.1) is 0 Å². The molecular formula is C28H33N5O4. The maximum atomic E-state index is 13.5. The van der Waals surface area contributed by atoms with Gasteiger partial charge in [0.05, 0.1) is 22.7 Å². The number of amides is 2. The van der Waals surface area contributed by atoms with Crippen molar-refractivity contribution in [2.75, 3.05) is 31.5 Å². The first-order valence-corrected chi connectivity index (χ1v) is 13.0. The first-order chi connectivity index (χ1) is 17.8. The van der Waals surface area contributed by atoms with E-state index in [1.165, 1.54) is 11.6 Å². The Morgan fingerprint density at radius 2 is 2.16 bits per heavy atom. The number of nitriles is 1. The van der Waals surface area contributed by atoms with Gasteiger partial charge in [-0.05, 0) is 74.1 Å². The second-order valence-corrected chi connectivity index (χ2v) is 10.8. The summed E-state index contributed by atoms with van der Waals surface area (Å²) in [6, 6.07) is 14.7. The number of β-amino-alcohol motifs (C(OH)–C–C–N with tert-alkyl or cyclic N) is 1. The Kier molecular flexibility index (Phi) is 6.88. The Labute approximate surface area is 216 Å². The molecule has 9 heteroatoms. The molecule has 2 aromatic rings. The molecule has 3 fully saturated rings. The number of carbonyl (C=O) groups excluding carboxylic acids is 1. The number of aryl methyl sites for hydroxylation is 1. The highest BCUT2D eigenvalue weighted by atomic mass is 16.6. The van der Waals surface area contributed by atoms with Gasteiger partial charge in [-0.3, -0.25) is 15.0 Å². The van der Waals surface area contributed by atoms with Gasteiger partial charge in [-0.25, -0.2) is 4.79 Å². The Morgan fingerprint density at radius 3 is 2.86 bits per heavy atom. The molecule has 2 aliphatic carbocycles. The summed E-state index contributed by atoms with van der Waals surface area (Å²) >= 11 is 0. The van der Waals surface area contributed by atoms with Crippen LogP contribution < -0.4 is 5.32 Å². The van der Waals surface area contributed by atoms with Gasteiger partial charge in [-0.1, -0.05) is 18.2 Å². The van der Waals surface area contributed by atoms with E-state index in [-0.39, 0.29) is 29.3 Å². The number of likely N-dealkylation sites (tertiary alicyclic amines) is 1. The molecule has 2 aromatic carbocycles. The van der Waals surface area contributed by atoms with E-state index in [1.54, 1.807) is 19.1 Å². The summed E-state index contributed by atoms with van der Waals surface area (Å²) in [6.45, 7) is 4.31. The molecule has 1 saturated heterocycles. The lowest BCUT2D eigenvalue weighted by Gasteiger charge is -2.37. The van der Waals surface area contributed by atoms with Crippen molar-refractivity contribution in [1.29, 1.82) is 5.26 Å². The topological polar surface area (TPSA) is 123 Å². The Bertz CT molecular complexity index is 1240. The third-order valence-corrected chi connectivity index (χ3v) is 8.54. The first kappa shape index (κ1) is 25.2. The van der Waals surface area contributed by atoms with Gasteiger partial charge < -0.3 is 15.3 Å². The van der Waals surface area contributed by atoms with E-state index < -0.39 is 4.92 Å². The van der Waals surface area contributed by atoms with Crippen molar-refractivity contribution in [3.8, 4) is 6.07 Å². The highest BCUT2D eigenvalue weighted by Gasteiger charge is 2.58. The molecule has 194 valence electrons. The lowest BCUT2D eigenvalue weighted by atomic mass is 9.80. The van der Waals surface area contributed by atoms with Gasteiger partial charge >= 0.3 is 6.03 Å².